The van der Waals surface area contributed by atoms with Crippen molar-refractivity contribution in [1.82, 2.24) is 0 Å². The van der Waals surface area contributed by atoms with Crippen molar-refractivity contribution >= 4 is 22.7 Å². The van der Waals surface area contributed by atoms with E-state index in [0.29, 0.717) is 30.4 Å². The molecule has 0 saturated heterocycles. The highest BCUT2D eigenvalue weighted by atomic mass is 16.6. The Morgan fingerprint density at radius 1 is 0.612 bits per heavy atom. The lowest BCUT2D eigenvalue weighted by Crippen LogP contribution is -2.13. The molecular formula is C44H48O5. The van der Waals surface area contributed by atoms with Crippen molar-refractivity contribution in [3.8, 4) is 28.0 Å². The molecule has 0 saturated carbocycles. The molecular weight excluding hydrogens is 608 g/mol. The highest BCUT2D eigenvalue weighted by molar-refractivity contribution is 5.86. The second kappa shape index (κ2) is 16.5. The summed E-state index contributed by atoms with van der Waals surface area (Å²) in [5, 5.41) is 2.48. The average molecular weight is 657 g/mol. The van der Waals surface area contributed by atoms with Crippen LogP contribution in [0.25, 0.3) is 33.0 Å². The van der Waals surface area contributed by atoms with Gasteiger partial charge in [-0.15, -0.1) is 0 Å². The van der Waals surface area contributed by atoms with Gasteiger partial charge in [0.25, 0.3) is 0 Å². The van der Waals surface area contributed by atoms with Gasteiger partial charge in [-0.2, -0.15) is 0 Å². The lowest BCUT2D eigenvalue weighted by atomic mass is 9.86. The SMILES string of the molecule is COC(=O)CCc1ccc(-c2ccc(-c3ccc(OCC(=O)OC)c(CC(C)C)c3)c(Cc3cccc4ccccc34)c2)c(CC(C)C)c1. The van der Waals surface area contributed by atoms with Crippen LogP contribution in [0.4, 0.5) is 0 Å². The van der Waals surface area contributed by atoms with Crippen molar-refractivity contribution in [1.29, 1.82) is 0 Å². The van der Waals surface area contributed by atoms with E-state index >= 15 is 0 Å². The van der Waals surface area contributed by atoms with Crippen LogP contribution in [-0.2, 0) is 44.7 Å². The van der Waals surface area contributed by atoms with E-state index in [1.807, 2.05) is 6.07 Å². The van der Waals surface area contributed by atoms with Crippen molar-refractivity contribution in [2.24, 2.45) is 11.8 Å². The molecule has 0 bridgehead atoms. The second-order valence-corrected chi connectivity index (χ2v) is 13.6. The van der Waals surface area contributed by atoms with Gasteiger partial charge in [0.2, 0.25) is 0 Å². The number of rotatable bonds is 14. The first kappa shape index (κ1) is 35.4. The molecule has 0 atom stereocenters. The maximum atomic E-state index is 11.9. The van der Waals surface area contributed by atoms with E-state index in [1.165, 1.54) is 58.4 Å². The van der Waals surface area contributed by atoms with Gasteiger partial charge in [-0.3, -0.25) is 4.79 Å². The number of methoxy groups -OCH3 is 2. The summed E-state index contributed by atoms with van der Waals surface area (Å²) in [5.41, 5.74) is 10.7. The number of aryl methyl sites for hydroxylation is 1. The number of benzene rings is 5. The molecule has 0 aliphatic rings. The molecule has 0 spiro atoms. The number of hydrogen-bond acceptors (Lipinski definition) is 5. The number of esters is 2. The Morgan fingerprint density at radius 3 is 1.98 bits per heavy atom. The smallest absolute Gasteiger partial charge is 0.343 e. The summed E-state index contributed by atoms with van der Waals surface area (Å²) in [4.78, 5) is 23.7. The molecule has 49 heavy (non-hydrogen) atoms. The normalized spacial score (nSPS) is 11.3. The third kappa shape index (κ3) is 9.17. The van der Waals surface area contributed by atoms with Crippen molar-refractivity contribution in [2.75, 3.05) is 20.8 Å². The van der Waals surface area contributed by atoms with E-state index in [2.05, 4.69) is 119 Å². The van der Waals surface area contributed by atoms with E-state index in [-0.39, 0.29) is 12.6 Å². The topological polar surface area (TPSA) is 61.8 Å². The predicted molar refractivity (Wildman–Crippen MR) is 199 cm³/mol. The zero-order valence-electron chi connectivity index (χ0n) is 29.7. The molecule has 5 heteroatoms. The molecule has 0 amide bonds. The highest BCUT2D eigenvalue weighted by Crippen LogP contribution is 2.36. The Bertz CT molecular complexity index is 1910. The van der Waals surface area contributed by atoms with Gasteiger partial charge >= 0.3 is 11.9 Å². The molecule has 5 rings (SSSR count). The van der Waals surface area contributed by atoms with Crippen molar-refractivity contribution in [3.05, 3.63) is 125 Å². The average Bonchev–Trinajstić information content (AvgIpc) is 3.09. The van der Waals surface area contributed by atoms with Gasteiger partial charge in [0, 0.05) is 6.42 Å². The summed E-state index contributed by atoms with van der Waals surface area (Å²) in [7, 11) is 2.81. The summed E-state index contributed by atoms with van der Waals surface area (Å²) >= 11 is 0. The van der Waals surface area contributed by atoms with Crippen molar-refractivity contribution in [2.45, 2.75) is 59.8 Å². The lowest BCUT2D eigenvalue weighted by molar-refractivity contribution is -0.143. The molecule has 0 heterocycles. The first-order chi connectivity index (χ1) is 23.6. The fraction of sp³-hybridized carbons (Fsp3) is 0.318. The van der Waals surface area contributed by atoms with Gasteiger partial charge < -0.3 is 14.2 Å². The van der Waals surface area contributed by atoms with Crippen LogP contribution in [0.15, 0.2) is 97.1 Å². The molecule has 0 aromatic heterocycles. The highest BCUT2D eigenvalue weighted by Gasteiger charge is 2.17. The minimum atomic E-state index is -0.402. The summed E-state index contributed by atoms with van der Waals surface area (Å²) in [6.45, 7) is 8.74. The number of ether oxygens (including phenoxy) is 3. The Morgan fingerprint density at radius 2 is 1.24 bits per heavy atom. The number of carbonyl (C=O) groups excluding carboxylic acids is 2. The van der Waals surface area contributed by atoms with Crippen LogP contribution in [0.3, 0.4) is 0 Å². The minimum absolute atomic E-state index is 0.123. The maximum absolute atomic E-state index is 11.9. The van der Waals surface area contributed by atoms with Crippen molar-refractivity contribution < 1.29 is 23.8 Å². The Balaban J connectivity index is 1.62. The first-order valence-electron chi connectivity index (χ1n) is 17.3. The summed E-state index contributed by atoms with van der Waals surface area (Å²) < 4.78 is 15.6. The van der Waals surface area contributed by atoms with Crippen LogP contribution < -0.4 is 4.74 Å². The molecule has 0 aliphatic carbocycles. The zero-order chi connectivity index (χ0) is 34.9. The summed E-state index contributed by atoms with van der Waals surface area (Å²) in [6, 6.07) is 34.9. The number of carbonyl (C=O) groups is 2. The van der Waals surface area contributed by atoms with Gasteiger partial charge in [0.15, 0.2) is 6.61 Å². The van der Waals surface area contributed by atoms with E-state index in [0.717, 1.165) is 36.0 Å². The third-order valence-electron chi connectivity index (χ3n) is 8.89. The molecule has 0 aliphatic heterocycles. The van der Waals surface area contributed by atoms with Crippen molar-refractivity contribution in [3.63, 3.8) is 0 Å². The van der Waals surface area contributed by atoms with Crippen LogP contribution in [-0.4, -0.2) is 32.8 Å². The fourth-order valence-corrected chi connectivity index (χ4v) is 6.57. The van der Waals surface area contributed by atoms with E-state index in [9.17, 15) is 9.59 Å². The van der Waals surface area contributed by atoms with Crippen LogP contribution >= 0.6 is 0 Å². The van der Waals surface area contributed by atoms with Crippen LogP contribution in [0.5, 0.6) is 5.75 Å². The standard InChI is InChI=1S/C44H48O5/c1-29(2)22-36-24-31(15-21-43(45)47-5)14-18-40(36)34-16-19-41(37(26-34)25-33-12-9-11-32-10-7-8-13-39(32)33)35-17-20-42(49-28-44(46)48-6)38(27-35)23-30(3)4/h7-14,16-20,24,26-27,29-30H,15,21-23,25,28H2,1-6H3. The maximum Gasteiger partial charge on any atom is 0.343 e. The monoisotopic (exact) mass is 656 g/mol. The van der Waals surface area contributed by atoms with Crippen LogP contribution in [0, 0.1) is 11.8 Å². The van der Waals surface area contributed by atoms with Gasteiger partial charge in [-0.25, -0.2) is 4.79 Å². The quantitative estimate of drug-likeness (QED) is 0.111. The molecule has 254 valence electrons. The lowest BCUT2D eigenvalue weighted by Gasteiger charge is -2.19. The second-order valence-electron chi connectivity index (χ2n) is 13.6. The number of fused-ring (bicyclic) bond motifs is 1. The van der Waals surface area contributed by atoms with E-state index in [1.54, 1.807) is 0 Å². The Labute approximate surface area is 291 Å². The first-order valence-corrected chi connectivity index (χ1v) is 17.3. The van der Waals surface area contributed by atoms with E-state index < -0.39 is 5.97 Å². The number of hydrogen-bond donors (Lipinski definition) is 0. The van der Waals surface area contributed by atoms with Crippen LogP contribution in [0.1, 0.15) is 61.9 Å². The summed E-state index contributed by atoms with van der Waals surface area (Å²) in [6.07, 6.45) is 3.55. The molecule has 0 fully saturated rings. The molecule has 5 aromatic rings. The third-order valence-corrected chi connectivity index (χ3v) is 8.89. The molecule has 0 unspecified atom stereocenters. The largest absolute Gasteiger partial charge is 0.482 e. The summed E-state index contributed by atoms with van der Waals surface area (Å²) in [5.74, 6) is 0.996. The van der Waals surface area contributed by atoms with Gasteiger partial charge in [-0.1, -0.05) is 113 Å². The molecule has 0 radical (unpaired) electrons. The fourth-order valence-electron chi connectivity index (χ4n) is 6.57. The van der Waals surface area contributed by atoms with Gasteiger partial charge in [0.05, 0.1) is 14.2 Å². The molecule has 5 nitrogen and oxygen atoms in total. The van der Waals surface area contributed by atoms with Gasteiger partial charge in [0.1, 0.15) is 5.75 Å². The van der Waals surface area contributed by atoms with E-state index in [4.69, 9.17) is 14.2 Å². The van der Waals surface area contributed by atoms with Gasteiger partial charge in [-0.05, 0) is 110 Å². The molecule has 0 N–H and O–H groups in total. The zero-order valence-corrected chi connectivity index (χ0v) is 29.7. The molecule has 5 aromatic carbocycles. The minimum Gasteiger partial charge on any atom is -0.482 e. The van der Waals surface area contributed by atoms with Crippen LogP contribution in [0.2, 0.25) is 0 Å². The Hall–Kier alpha value is -4.90. The predicted octanol–water partition coefficient (Wildman–Crippen LogP) is 9.82. The Kier molecular flexibility index (Phi) is 11.9.